The second-order valence-electron chi connectivity index (χ2n) is 2.82. The molecule has 2 unspecified atom stereocenters. The maximum Gasteiger partial charge on any atom is 0.0203 e. The van der Waals surface area contributed by atoms with E-state index in [1.54, 1.807) is 0 Å². The van der Waals surface area contributed by atoms with Crippen molar-refractivity contribution >= 4 is 0 Å². The van der Waals surface area contributed by atoms with Crippen LogP contribution in [0.1, 0.15) is 33.1 Å². The van der Waals surface area contributed by atoms with Gasteiger partial charge in [0.25, 0.3) is 0 Å². The van der Waals surface area contributed by atoms with E-state index >= 15 is 0 Å². The number of hydrogen-bond acceptors (Lipinski definition) is 0. The van der Waals surface area contributed by atoms with Gasteiger partial charge < -0.3 is 0 Å². The van der Waals surface area contributed by atoms with Crippen molar-refractivity contribution in [1.82, 2.24) is 0 Å². The second kappa shape index (κ2) is 2.92. The summed E-state index contributed by atoms with van der Waals surface area (Å²) in [6.07, 6.45) is 3.75. The average Bonchev–Trinajstić information content (AvgIpc) is 1.89. The molecule has 0 amide bonds. The van der Waals surface area contributed by atoms with E-state index < -0.39 is 0 Å². The van der Waals surface area contributed by atoms with Gasteiger partial charge in [0.1, 0.15) is 0 Å². The minimum Gasteiger partial charge on any atom is -0.103 e. The highest BCUT2D eigenvalue weighted by Crippen LogP contribution is 2.22. The third-order valence-corrected chi connectivity index (χ3v) is 2.20. The first-order chi connectivity index (χ1) is 4.34. The molecule has 1 aliphatic carbocycles. The Morgan fingerprint density at radius 1 is 1.56 bits per heavy atom. The Kier molecular flexibility index (Phi) is 2.16. The molecule has 0 N–H and O–H groups in total. The van der Waals surface area contributed by atoms with Crippen LogP contribution in [0.2, 0.25) is 0 Å². The SMILES string of the molecule is CCC1CCC#CC1C. The van der Waals surface area contributed by atoms with Crippen molar-refractivity contribution in [3.05, 3.63) is 0 Å². The third kappa shape index (κ3) is 1.48. The van der Waals surface area contributed by atoms with Gasteiger partial charge in [-0.3, -0.25) is 0 Å². The van der Waals surface area contributed by atoms with Gasteiger partial charge in [-0.05, 0) is 12.3 Å². The van der Waals surface area contributed by atoms with Gasteiger partial charge in [-0.15, -0.1) is 5.92 Å². The molecule has 50 valence electrons. The highest BCUT2D eigenvalue weighted by molar-refractivity contribution is 5.08. The molecule has 0 saturated heterocycles. The van der Waals surface area contributed by atoms with Gasteiger partial charge in [-0.25, -0.2) is 0 Å². The molecule has 1 aliphatic rings. The van der Waals surface area contributed by atoms with Gasteiger partial charge in [0.2, 0.25) is 0 Å². The van der Waals surface area contributed by atoms with Crippen molar-refractivity contribution in [3.8, 4) is 11.8 Å². The van der Waals surface area contributed by atoms with Crippen molar-refractivity contribution in [2.24, 2.45) is 11.8 Å². The van der Waals surface area contributed by atoms with Crippen molar-refractivity contribution in [2.45, 2.75) is 33.1 Å². The summed E-state index contributed by atoms with van der Waals surface area (Å²) in [5, 5.41) is 0. The normalized spacial score (nSPS) is 33.1. The molecule has 0 radical (unpaired) electrons. The quantitative estimate of drug-likeness (QED) is 0.469. The first-order valence-electron chi connectivity index (χ1n) is 3.83. The topological polar surface area (TPSA) is 0 Å². The standard InChI is InChI=1S/C9H14/c1-3-9-7-5-4-6-8(9)2/h8-9H,3,5,7H2,1-2H3. The van der Waals surface area contributed by atoms with Gasteiger partial charge in [0.15, 0.2) is 0 Å². The molecule has 0 aromatic heterocycles. The summed E-state index contributed by atoms with van der Waals surface area (Å²) >= 11 is 0. The summed E-state index contributed by atoms with van der Waals surface area (Å²) in [4.78, 5) is 0. The summed E-state index contributed by atoms with van der Waals surface area (Å²) < 4.78 is 0. The van der Waals surface area contributed by atoms with E-state index in [2.05, 4.69) is 25.7 Å². The molecular formula is C9H14. The molecule has 0 spiro atoms. The van der Waals surface area contributed by atoms with Gasteiger partial charge in [0.05, 0.1) is 0 Å². The fraction of sp³-hybridized carbons (Fsp3) is 0.778. The Morgan fingerprint density at radius 3 is 2.78 bits per heavy atom. The first-order valence-corrected chi connectivity index (χ1v) is 3.83. The molecular weight excluding hydrogens is 108 g/mol. The summed E-state index contributed by atoms with van der Waals surface area (Å²) in [6.45, 7) is 4.49. The molecule has 0 aromatic carbocycles. The zero-order valence-corrected chi connectivity index (χ0v) is 6.28. The largest absolute Gasteiger partial charge is 0.103 e. The maximum atomic E-state index is 3.23. The fourth-order valence-electron chi connectivity index (χ4n) is 1.42. The Morgan fingerprint density at radius 2 is 2.33 bits per heavy atom. The lowest BCUT2D eigenvalue weighted by Gasteiger charge is -2.19. The lowest BCUT2D eigenvalue weighted by atomic mass is 9.85. The molecule has 0 aromatic rings. The Balaban J connectivity index is 2.50. The molecule has 0 fully saturated rings. The van der Waals surface area contributed by atoms with Gasteiger partial charge >= 0.3 is 0 Å². The number of rotatable bonds is 1. The fourth-order valence-corrected chi connectivity index (χ4v) is 1.42. The van der Waals surface area contributed by atoms with E-state index in [9.17, 15) is 0 Å². The lowest BCUT2D eigenvalue weighted by molar-refractivity contribution is 0.385. The van der Waals surface area contributed by atoms with E-state index in [-0.39, 0.29) is 0 Å². The van der Waals surface area contributed by atoms with Crippen molar-refractivity contribution < 1.29 is 0 Å². The highest BCUT2D eigenvalue weighted by atomic mass is 14.2. The van der Waals surface area contributed by atoms with Crippen LogP contribution in [-0.2, 0) is 0 Å². The molecule has 0 heterocycles. The molecule has 0 aliphatic heterocycles. The highest BCUT2D eigenvalue weighted by Gasteiger charge is 2.14. The molecule has 0 bridgehead atoms. The minimum atomic E-state index is 0.656. The molecule has 0 nitrogen and oxygen atoms in total. The second-order valence-corrected chi connectivity index (χ2v) is 2.82. The van der Waals surface area contributed by atoms with Crippen molar-refractivity contribution in [2.75, 3.05) is 0 Å². The van der Waals surface area contributed by atoms with Crippen LogP contribution in [0.5, 0.6) is 0 Å². The van der Waals surface area contributed by atoms with Crippen LogP contribution >= 0.6 is 0 Å². The first kappa shape index (κ1) is 6.68. The van der Waals surface area contributed by atoms with Crippen LogP contribution in [0.25, 0.3) is 0 Å². The summed E-state index contributed by atoms with van der Waals surface area (Å²) in [5.74, 6) is 7.92. The van der Waals surface area contributed by atoms with Gasteiger partial charge in [-0.2, -0.15) is 0 Å². The summed E-state index contributed by atoms with van der Waals surface area (Å²) in [5.41, 5.74) is 0. The number of hydrogen-bond donors (Lipinski definition) is 0. The van der Waals surface area contributed by atoms with Gasteiger partial charge in [-0.1, -0.05) is 26.2 Å². The predicted molar refractivity (Wildman–Crippen MR) is 40.0 cm³/mol. The predicted octanol–water partition coefficient (Wildman–Crippen LogP) is 2.45. The Bertz CT molecular complexity index is 136. The molecule has 2 atom stereocenters. The molecule has 9 heavy (non-hydrogen) atoms. The van der Waals surface area contributed by atoms with Crippen LogP contribution in [0.4, 0.5) is 0 Å². The van der Waals surface area contributed by atoms with Crippen molar-refractivity contribution in [1.29, 1.82) is 0 Å². The smallest absolute Gasteiger partial charge is 0.0203 e. The summed E-state index contributed by atoms with van der Waals surface area (Å²) in [6, 6.07) is 0. The van der Waals surface area contributed by atoms with E-state index in [0.717, 1.165) is 12.3 Å². The molecule has 0 heteroatoms. The van der Waals surface area contributed by atoms with E-state index in [1.165, 1.54) is 12.8 Å². The van der Waals surface area contributed by atoms with Crippen LogP contribution in [0.15, 0.2) is 0 Å². The average molecular weight is 122 g/mol. The Labute approximate surface area is 57.7 Å². The van der Waals surface area contributed by atoms with Crippen LogP contribution in [0.3, 0.4) is 0 Å². The lowest BCUT2D eigenvalue weighted by Crippen LogP contribution is -2.11. The Hall–Kier alpha value is -0.440. The summed E-state index contributed by atoms with van der Waals surface area (Å²) in [7, 11) is 0. The van der Waals surface area contributed by atoms with E-state index in [4.69, 9.17) is 0 Å². The minimum absolute atomic E-state index is 0.656. The molecule has 0 saturated carbocycles. The van der Waals surface area contributed by atoms with Gasteiger partial charge in [0, 0.05) is 12.3 Å². The zero-order valence-electron chi connectivity index (χ0n) is 6.28. The monoisotopic (exact) mass is 122 g/mol. The maximum absolute atomic E-state index is 3.23. The van der Waals surface area contributed by atoms with E-state index in [0.29, 0.717) is 5.92 Å². The van der Waals surface area contributed by atoms with Crippen molar-refractivity contribution in [3.63, 3.8) is 0 Å². The van der Waals surface area contributed by atoms with Crippen LogP contribution in [0, 0.1) is 23.7 Å². The molecule has 1 rings (SSSR count). The van der Waals surface area contributed by atoms with Crippen LogP contribution in [-0.4, -0.2) is 0 Å². The van der Waals surface area contributed by atoms with Crippen LogP contribution < -0.4 is 0 Å². The third-order valence-electron chi connectivity index (χ3n) is 2.20. The zero-order chi connectivity index (χ0) is 6.69. The van der Waals surface area contributed by atoms with E-state index in [1.807, 2.05) is 0 Å².